The highest BCUT2D eigenvalue weighted by Crippen LogP contribution is 2.56. The van der Waals surface area contributed by atoms with Gasteiger partial charge in [0.2, 0.25) is 5.95 Å². The maximum Gasteiger partial charge on any atom is 0.234 e. The van der Waals surface area contributed by atoms with Gasteiger partial charge in [-0.3, -0.25) is 4.57 Å². The lowest BCUT2D eigenvalue weighted by molar-refractivity contribution is 0.666. The summed E-state index contributed by atoms with van der Waals surface area (Å²) in [6.45, 7) is 4.71. The fourth-order valence-corrected chi connectivity index (χ4v) is 6.64. The van der Waals surface area contributed by atoms with Crippen molar-refractivity contribution in [2.45, 2.75) is 19.3 Å². The zero-order valence-electron chi connectivity index (χ0n) is 21.3. The lowest BCUT2D eigenvalue weighted by Crippen LogP contribution is -2.15. The first-order valence-corrected chi connectivity index (χ1v) is 13.1. The smallest absolute Gasteiger partial charge is 0.234 e. The number of hydrogen-bond donors (Lipinski definition) is 0. The van der Waals surface area contributed by atoms with Crippen molar-refractivity contribution in [3.05, 3.63) is 127 Å². The van der Waals surface area contributed by atoms with Crippen molar-refractivity contribution in [3.63, 3.8) is 0 Å². The molecule has 180 valence electrons. The van der Waals surface area contributed by atoms with Crippen molar-refractivity contribution in [1.82, 2.24) is 14.5 Å². The molecule has 8 rings (SSSR count). The highest BCUT2D eigenvalue weighted by molar-refractivity contribution is 6.27. The number of nitrogens with zero attached hydrogens (tertiary/aromatic N) is 3. The molecule has 2 aromatic heterocycles. The van der Waals surface area contributed by atoms with Crippen LogP contribution in [0.4, 0.5) is 0 Å². The summed E-state index contributed by atoms with van der Waals surface area (Å²) in [6.07, 6.45) is 3.88. The highest BCUT2D eigenvalue weighted by Gasteiger charge is 2.39. The van der Waals surface area contributed by atoms with Crippen molar-refractivity contribution in [2.24, 2.45) is 0 Å². The molecule has 0 spiro atoms. The Balaban J connectivity index is 1.55. The number of fused-ring (bicyclic) bond motifs is 10. The van der Waals surface area contributed by atoms with Gasteiger partial charge in [-0.15, -0.1) is 0 Å². The van der Waals surface area contributed by atoms with E-state index in [0.29, 0.717) is 5.95 Å². The second-order valence-corrected chi connectivity index (χ2v) is 10.7. The average Bonchev–Trinajstić information content (AvgIpc) is 3.44. The second-order valence-electron chi connectivity index (χ2n) is 10.7. The van der Waals surface area contributed by atoms with Gasteiger partial charge in [0, 0.05) is 39.7 Å². The summed E-state index contributed by atoms with van der Waals surface area (Å²) in [4.78, 5) is 9.90. The highest BCUT2D eigenvalue weighted by atomic mass is 15.2. The molecule has 3 heteroatoms. The van der Waals surface area contributed by atoms with Crippen molar-refractivity contribution in [2.75, 3.05) is 0 Å². The minimum Gasteiger partial charge on any atom is -0.277 e. The molecule has 0 radical (unpaired) electrons. The van der Waals surface area contributed by atoms with Crippen molar-refractivity contribution in [1.29, 1.82) is 0 Å². The minimum absolute atomic E-state index is 0.126. The second kappa shape index (κ2) is 7.62. The van der Waals surface area contributed by atoms with Gasteiger partial charge in [-0.1, -0.05) is 111 Å². The van der Waals surface area contributed by atoms with E-state index in [1.807, 2.05) is 30.6 Å². The predicted molar refractivity (Wildman–Crippen MR) is 157 cm³/mol. The van der Waals surface area contributed by atoms with Crippen LogP contribution < -0.4 is 0 Å². The molecule has 0 N–H and O–H groups in total. The van der Waals surface area contributed by atoms with Crippen molar-refractivity contribution in [3.8, 4) is 28.2 Å². The molecular formula is C35H25N3. The predicted octanol–water partition coefficient (Wildman–Crippen LogP) is 8.70. The largest absolute Gasteiger partial charge is 0.277 e. The van der Waals surface area contributed by atoms with Crippen LogP contribution >= 0.6 is 0 Å². The molecule has 0 fully saturated rings. The molecule has 0 aliphatic heterocycles. The summed E-state index contributed by atoms with van der Waals surface area (Å²) in [7, 11) is 0. The third-order valence-corrected chi connectivity index (χ3v) is 8.27. The molecule has 1 aliphatic rings. The summed E-state index contributed by atoms with van der Waals surface area (Å²) in [5, 5.41) is 5.08. The quantitative estimate of drug-likeness (QED) is 0.244. The van der Waals surface area contributed by atoms with Crippen LogP contribution in [0.2, 0.25) is 0 Å². The first kappa shape index (κ1) is 21.3. The molecule has 0 amide bonds. The van der Waals surface area contributed by atoms with Gasteiger partial charge >= 0.3 is 0 Å². The van der Waals surface area contributed by atoms with Gasteiger partial charge in [-0.05, 0) is 39.1 Å². The number of hydrogen-bond acceptors (Lipinski definition) is 2. The van der Waals surface area contributed by atoms with Crippen LogP contribution in [0.15, 0.2) is 116 Å². The minimum atomic E-state index is -0.126. The van der Waals surface area contributed by atoms with E-state index in [2.05, 4.69) is 103 Å². The Hall–Kier alpha value is -4.76. The first-order valence-electron chi connectivity index (χ1n) is 13.1. The van der Waals surface area contributed by atoms with E-state index in [1.165, 1.54) is 49.3 Å². The molecule has 3 nitrogen and oxygen atoms in total. The molecule has 0 atom stereocenters. The van der Waals surface area contributed by atoms with Crippen LogP contribution in [0, 0.1) is 0 Å². The SMILES string of the molecule is CC1(C)c2ccccc2-c2c1c1ccccc1c1c3ccccc3n(-c3ncc(-c4ccccc4)cn3)c21. The van der Waals surface area contributed by atoms with Gasteiger partial charge in [0.1, 0.15) is 0 Å². The Kier molecular flexibility index (Phi) is 4.28. The lowest BCUT2D eigenvalue weighted by atomic mass is 9.79. The zero-order valence-corrected chi connectivity index (χ0v) is 21.3. The van der Waals surface area contributed by atoms with Gasteiger partial charge in [-0.2, -0.15) is 0 Å². The molecule has 0 bridgehead atoms. The molecule has 0 saturated heterocycles. The molecule has 0 unspecified atom stereocenters. The first-order chi connectivity index (χ1) is 18.6. The van der Waals surface area contributed by atoms with Crippen LogP contribution in [0.1, 0.15) is 25.0 Å². The summed E-state index contributed by atoms with van der Waals surface area (Å²) in [5.41, 5.74) is 9.65. The molecule has 1 aliphatic carbocycles. The Morgan fingerprint density at radius 2 is 1.24 bits per heavy atom. The van der Waals surface area contributed by atoms with E-state index in [-0.39, 0.29) is 5.41 Å². The molecule has 2 heterocycles. The number of para-hydroxylation sites is 1. The summed E-state index contributed by atoms with van der Waals surface area (Å²) in [5.74, 6) is 0.690. The Labute approximate surface area is 221 Å². The van der Waals surface area contributed by atoms with E-state index in [9.17, 15) is 0 Å². The number of benzene rings is 5. The maximum absolute atomic E-state index is 4.95. The molecule has 5 aromatic carbocycles. The fourth-order valence-electron chi connectivity index (χ4n) is 6.64. The van der Waals surface area contributed by atoms with E-state index in [0.717, 1.165) is 16.6 Å². The Morgan fingerprint density at radius 1 is 0.605 bits per heavy atom. The van der Waals surface area contributed by atoms with E-state index < -0.39 is 0 Å². The fraction of sp³-hybridized carbons (Fsp3) is 0.0857. The summed E-state index contributed by atoms with van der Waals surface area (Å²) < 4.78 is 2.28. The number of rotatable bonds is 2. The van der Waals surface area contributed by atoms with Crippen LogP contribution in [0.3, 0.4) is 0 Å². The molecular weight excluding hydrogens is 462 g/mol. The van der Waals surface area contributed by atoms with Crippen LogP contribution in [-0.4, -0.2) is 14.5 Å². The topological polar surface area (TPSA) is 30.7 Å². The van der Waals surface area contributed by atoms with Gasteiger partial charge in [0.05, 0.1) is 11.0 Å². The van der Waals surface area contributed by atoms with Crippen LogP contribution in [0.5, 0.6) is 0 Å². The Bertz CT molecular complexity index is 2030. The third kappa shape index (κ3) is 2.73. The number of aromatic nitrogens is 3. The summed E-state index contributed by atoms with van der Waals surface area (Å²) >= 11 is 0. The maximum atomic E-state index is 4.95. The molecule has 38 heavy (non-hydrogen) atoms. The van der Waals surface area contributed by atoms with Gasteiger partial charge < -0.3 is 0 Å². The zero-order chi connectivity index (χ0) is 25.4. The molecule has 7 aromatic rings. The van der Waals surface area contributed by atoms with E-state index in [4.69, 9.17) is 9.97 Å². The third-order valence-electron chi connectivity index (χ3n) is 8.27. The standard InChI is InChI=1S/C35H25N3/c1-35(2)28-18-10-8-16-26(28)31-32(35)25-15-7-6-14-24(25)30-27-17-9-11-19-29(27)38(33(30)31)34-36-20-23(21-37-34)22-12-4-3-5-13-22/h3-21H,1-2H3. The average molecular weight is 488 g/mol. The van der Waals surface area contributed by atoms with Crippen LogP contribution in [-0.2, 0) is 5.41 Å². The monoisotopic (exact) mass is 487 g/mol. The summed E-state index contributed by atoms with van der Waals surface area (Å²) in [6, 6.07) is 36.7. The van der Waals surface area contributed by atoms with Crippen molar-refractivity contribution < 1.29 is 0 Å². The van der Waals surface area contributed by atoms with Gasteiger partial charge in [0.25, 0.3) is 0 Å². The molecule has 0 saturated carbocycles. The lowest BCUT2D eigenvalue weighted by Gasteiger charge is -2.23. The van der Waals surface area contributed by atoms with Gasteiger partial charge in [0.15, 0.2) is 0 Å². The van der Waals surface area contributed by atoms with Gasteiger partial charge in [-0.25, -0.2) is 9.97 Å². The normalized spacial score (nSPS) is 13.7. The van der Waals surface area contributed by atoms with Crippen LogP contribution in [0.25, 0.3) is 60.8 Å². The van der Waals surface area contributed by atoms with E-state index in [1.54, 1.807) is 0 Å². The van der Waals surface area contributed by atoms with E-state index >= 15 is 0 Å². The van der Waals surface area contributed by atoms with Crippen molar-refractivity contribution >= 4 is 32.6 Å². The Morgan fingerprint density at radius 3 is 2.03 bits per heavy atom.